The summed E-state index contributed by atoms with van der Waals surface area (Å²) in [6.45, 7) is 5.49. The zero-order valence-electron chi connectivity index (χ0n) is 15.0. The maximum Gasteiger partial charge on any atom is 0.241 e. The number of rotatable bonds is 7. The fourth-order valence-corrected chi connectivity index (χ4v) is 5.33. The van der Waals surface area contributed by atoms with Crippen molar-refractivity contribution in [1.82, 2.24) is 14.9 Å². The summed E-state index contributed by atoms with van der Waals surface area (Å²) in [5.74, 6) is 0.203. The van der Waals surface area contributed by atoms with Crippen LogP contribution in [0.2, 0.25) is 0 Å². The molecule has 26 heavy (non-hydrogen) atoms. The smallest absolute Gasteiger partial charge is 0.241 e. The van der Waals surface area contributed by atoms with E-state index in [0.717, 1.165) is 23.4 Å². The Balaban J connectivity index is 1.55. The number of sulfonamides is 1. The predicted molar refractivity (Wildman–Crippen MR) is 101 cm³/mol. The number of hydrogen-bond donors (Lipinski definition) is 2. The van der Waals surface area contributed by atoms with Crippen molar-refractivity contribution in [2.75, 3.05) is 11.9 Å². The molecular weight excluding hydrogens is 372 g/mol. The summed E-state index contributed by atoms with van der Waals surface area (Å²) in [7, 11) is -3.66. The molecule has 140 valence electrons. The van der Waals surface area contributed by atoms with Crippen LogP contribution in [0.15, 0.2) is 17.0 Å². The van der Waals surface area contributed by atoms with E-state index in [0.29, 0.717) is 22.2 Å². The lowest BCUT2D eigenvalue weighted by Gasteiger charge is -2.13. The van der Waals surface area contributed by atoms with Crippen LogP contribution in [-0.4, -0.2) is 31.1 Å². The number of amides is 1. The van der Waals surface area contributed by atoms with Gasteiger partial charge < -0.3 is 5.32 Å². The van der Waals surface area contributed by atoms with Crippen LogP contribution >= 0.6 is 11.3 Å². The van der Waals surface area contributed by atoms with E-state index in [9.17, 15) is 13.2 Å². The Morgan fingerprint density at radius 3 is 2.46 bits per heavy atom. The third-order valence-electron chi connectivity index (χ3n) is 4.13. The highest BCUT2D eigenvalue weighted by molar-refractivity contribution is 7.89. The Hall–Kier alpha value is -1.84. The number of nitrogens with one attached hydrogen (secondary N) is 2. The number of aromatic nitrogens is 2. The molecule has 1 amide bonds. The number of nitrogens with zero attached hydrogens (tertiary/aromatic N) is 2. The van der Waals surface area contributed by atoms with E-state index >= 15 is 0 Å². The maximum atomic E-state index is 12.5. The molecular formula is C17H22N4O3S2. The molecule has 0 atom stereocenters. The maximum absolute atomic E-state index is 12.5. The average molecular weight is 395 g/mol. The molecule has 1 aliphatic rings. The summed E-state index contributed by atoms with van der Waals surface area (Å²) in [5, 5.41) is 12.1. The summed E-state index contributed by atoms with van der Waals surface area (Å²) >= 11 is 1.38. The van der Waals surface area contributed by atoms with Crippen molar-refractivity contribution in [1.29, 1.82) is 0 Å². The molecule has 0 saturated heterocycles. The summed E-state index contributed by atoms with van der Waals surface area (Å²) in [4.78, 5) is 12.3. The fraction of sp³-hybridized carbons (Fsp3) is 0.471. The first-order valence-corrected chi connectivity index (χ1v) is 10.8. The minimum atomic E-state index is -3.66. The van der Waals surface area contributed by atoms with Gasteiger partial charge in [0.25, 0.3) is 0 Å². The van der Waals surface area contributed by atoms with Gasteiger partial charge in [-0.25, -0.2) is 13.1 Å². The molecule has 1 fully saturated rings. The van der Waals surface area contributed by atoms with Crippen molar-refractivity contribution in [2.45, 2.75) is 50.8 Å². The molecule has 2 N–H and O–H groups in total. The second kappa shape index (κ2) is 7.42. The number of anilines is 1. The van der Waals surface area contributed by atoms with Gasteiger partial charge in [0, 0.05) is 18.9 Å². The second-order valence-corrected chi connectivity index (χ2v) is 9.36. The van der Waals surface area contributed by atoms with Crippen molar-refractivity contribution in [3.05, 3.63) is 33.8 Å². The van der Waals surface area contributed by atoms with Crippen LogP contribution < -0.4 is 10.0 Å². The topological polar surface area (TPSA) is 101 Å². The van der Waals surface area contributed by atoms with E-state index in [-0.39, 0.29) is 23.8 Å². The van der Waals surface area contributed by atoms with Gasteiger partial charge in [-0.15, -0.1) is 10.2 Å². The molecule has 0 bridgehead atoms. The molecule has 0 aliphatic heterocycles. The van der Waals surface area contributed by atoms with Crippen molar-refractivity contribution in [3.63, 3.8) is 0 Å². The quantitative estimate of drug-likeness (QED) is 0.752. The van der Waals surface area contributed by atoms with E-state index < -0.39 is 10.0 Å². The van der Waals surface area contributed by atoms with Gasteiger partial charge in [0.1, 0.15) is 5.01 Å². The van der Waals surface area contributed by atoms with Crippen LogP contribution in [0.1, 0.15) is 46.9 Å². The van der Waals surface area contributed by atoms with Gasteiger partial charge in [0.2, 0.25) is 21.1 Å². The normalized spacial score (nSPS) is 14.4. The molecule has 0 radical (unpaired) electrons. The summed E-state index contributed by atoms with van der Waals surface area (Å²) in [6.07, 6.45) is 2.28. The van der Waals surface area contributed by atoms with Gasteiger partial charge in [0.05, 0.1) is 4.90 Å². The monoisotopic (exact) mass is 394 g/mol. The van der Waals surface area contributed by atoms with E-state index in [1.54, 1.807) is 13.8 Å². The molecule has 0 unspecified atom stereocenters. The zero-order chi connectivity index (χ0) is 18.9. The lowest BCUT2D eigenvalue weighted by molar-refractivity contribution is -0.116. The first-order valence-electron chi connectivity index (χ1n) is 8.47. The van der Waals surface area contributed by atoms with Gasteiger partial charge >= 0.3 is 0 Å². The third kappa shape index (κ3) is 4.46. The molecule has 2 aromatic rings. The second-order valence-electron chi connectivity index (χ2n) is 6.64. The first-order chi connectivity index (χ1) is 12.3. The zero-order valence-corrected chi connectivity index (χ0v) is 16.6. The van der Waals surface area contributed by atoms with E-state index in [1.165, 1.54) is 11.3 Å². The highest BCUT2D eigenvalue weighted by Crippen LogP contribution is 2.42. The molecule has 1 aromatic heterocycles. The van der Waals surface area contributed by atoms with Gasteiger partial charge in [-0.1, -0.05) is 29.0 Å². The van der Waals surface area contributed by atoms with Crippen molar-refractivity contribution >= 4 is 32.4 Å². The number of aryl methyl sites for hydroxylation is 3. The van der Waals surface area contributed by atoms with Gasteiger partial charge in [-0.05, 0) is 44.7 Å². The number of benzene rings is 1. The lowest BCUT2D eigenvalue weighted by Crippen LogP contribution is -2.29. The SMILES string of the molecule is Cc1cc(C)c(S(=O)(=O)NCCC(=O)Nc2nnc(C3CC3)s2)c(C)c1. The molecule has 0 spiro atoms. The minimum Gasteiger partial charge on any atom is -0.300 e. The van der Waals surface area contributed by atoms with Crippen molar-refractivity contribution in [2.24, 2.45) is 0 Å². The Morgan fingerprint density at radius 2 is 1.85 bits per heavy atom. The van der Waals surface area contributed by atoms with Gasteiger partial charge in [-0.2, -0.15) is 0 Å². The van der Waals surface area contributed by atoms with Crippen LogP contribution in [0, 0.1) is 20.8 Å². The van der Waals surface area contributed by atoms with Crippen LogP contribution in [0.25, 0.3) is 0 Å². The van der Waals surface area contributed by atoms with Crippen molar-refractivity contribution in [3.8, 4) is 0 Å². The van der Waals surface area contributed by atoms with Crippen LogP contribution in [0.4, 0.5) is 5.13 Å². The molecule has 1 heterocycles. The standard InChI is InChI=1S/C17H22N4O3S2/c1-10-8-11(2)15(12(3)9-10)26(23,24)18-7-6-14(22)19-17-21-20-16(25-17)13-4-5-13/h8-9,13,18H,4-7H2,1-3H3,(H,19,21,22). The average Bonchev–Trinajstić information content (AvgIpc) is 3.26. The summed E-state index contributed by atoms with van der Waals surface area (Å²) in [5.41, 5.74) is 2.41. The number of hydrogen-bond acceptors (Lipinski definition) is 6. The number of carbonyl (C=O) groups excluding carboxylic acids is 1. The third-order valence-corrected chi connectivity index (χ3v) is 6.90. The summed E-state index contributed by atoms with van der Waals surface area (Å²) < 4.78 is 27.6. The molecule has 1 aromatic carbocycles. The van der Waals surface area contributed by atoms with E-state index in [1.807, 2.05) is 19.1 Å². The molecule has 3 rings (SSSR count). The van der Waals surface area contributed by atoms with Crippen LogP contribution in [0.5, 0.6) is 0 Å². The fourth-order valence-electron chi connectivity index (χ4n) is 2.92. The Labute approximate surface area is 157 Å². The van der Waals surface area contributed by atoms with Gasteiger partial charge in [-0.3, -0.25) is 4.79 Å². The Kier molecular flexibility index (Phi) is 5.40. The van der Waals surface area contributed by atoms with Crippen molar-refractivity contribution < 1.29 is 13.2 Å². The molecule has 1 aliphatic carbocycles. The van der Waals surface area contributed by atoms with Gasteiger partial charge in [0.15, 0.2) is 0 Å². The largest absolute Gasteiger partial charge is 0.300 e. The van der Waals surface area contributed by atoms with E-state index in [2.05, 4.69) is 20.2 Å². The minimum absolute atomic E-state index is 0.0230. The molecule has 1 saturated carbocycles. The lowest BCUT2D eigenvalue weighted by atomic mass is 10.1. The van der Waals surface area contributed by atoms with Crippen LogP contribution in [-0.2, 0) is 14.8 Å². The highest BCUT2D eigenvalue weighted by Gasteiger charge is 2.27. The predicted octanol–water partition coefficient (Wildman–Crippen LogP) is 2.65. The number of carbonyl (C=O) groups is 1. The first kappa shape index (κ1) is 18.9. The van der Waals surface area contributed by atoms with Crippen LogP contribution in [0.3, 0.4) is 0 Å². The Morgan fingerprint density at radius 1 is 1.19 bits per heavy atom. The van der Waals surface area contributed by atoms with E-state index in [4.69, 9.17) is 0 Å². The molecule has 7 nitrogen and oxygen atoms in total. The molecule has 9 heteroatoms. The highest BCUT2D eigenvalue weighted by atomic mass is 32.2. The summed E-state index contributed by atoms with van der Waals surface area (Å²) in [6, 6.07) is 3.67. The Bertz CT molecular complexity index is 910.